The Kier molecular flexibility index (Phi) is 3.02. The summed E-state index contributed by atoms with van der Waals surface area (Å²) in [5.74, 6) is -0.114. The van der Waals surface area contributed by atoms with Gasteiger partial charge < -0.3 is 10.2 Å². The maximum Gasteiger partial charge on any atom is 0.125 e. The predicted octanol–water partition coefficient (Wildman–Crippen LogP) is 2.33. The molecule has 2 heterocycles. The highest BCUT2D eigenvalue weighted by atomic mass is 19.1. The first kappa shape index (κ1) is 11.0. The average Bonchev–Trinajstić information content (AvgIpc) is 2.58. The first-order chi connectivity index (χ1) is 8.34. The van der Waals surface area contributed by atoms with Crippen LogP contribution in [0, 0.1) is 5.82 Å². The van der Waals surface area contributed by atoms with Gasteiger partial charge in [-0.25, -0.2) is 4.39 Å². The number of nitrogens with zero attached hydrogens (tertiary/aromatic N) is 1. The van der Waals surface area contributed by atoms with Gasteiger partial charge in [-0.1, -0.05) is 12.5 Å². The van der Waals surface area contributed by atoms with Crippen LogP contribution in [-0.4, -0.2) is 25.7 Å². The highest BCUT2D eigenvalue weighted by Crippen LogP contribution is 2.31. The number of anilines is 1. The molecule has 0 amide bonds. The third kappa shape index (κ3) is 2.16. The molecule has 3 heteroatoms. The summed E-state index contributed by atoms with van der Waals surface area (Å²) in [6, 6.07) is 5.76. The fraction of sp³-hybridized carbons (Fsp3) is 0.571. The lowest BCUT2D eigenvalue weighted by Crippen LogP contribution is -2.40. The van der Waals surface area contributed by atoms with Crippen LogP contribution in [-0.2, 0) is 6.42 Å². The first-order valence-electron chi connectivity index (χ1n) is 6.60. The van der Waals surface area contributed by atoms with Crippen molar-refractivity contribution in [3.05, 3.63) is 29.6 Å². The molecule has 1 aromatic carbocycles. The molecule has 1 saturated heterocycles. The summed E-state index contributed by atoms with van der Waals surface area (Å²) >= 11 is 0. The van der Waals surface area contributed by atoms with Crippen LogP contribution in [0.25, 0.3) is 0 Å². The molecule has 0 saturated carbocycles. The molecule has 1 atom stereocenters. The molecule has 17 heavy (non-hydrogen) atoms. The number of rotatable bonds is 1. The summed E-state index contributed by atoms with van der Waals surface area (Å²) in [6.07, 6.45) is 4.83. The minimum atomic E-state index is -0.114. The van der Waals surface area contributed by atoms with E-state index in [-0.39, 0.29) is 5.82 Å². The van der Waals surface area contributed by atoms with Crippen LogP contribution >= 0.6 is 0 Å². The quantitative estimate of drug-likeness (QED) is 0.802. The molecule has 2 aliphatic rings. The zero-order chi connectivity index (χ0) is 11.7. The minimum absolute atomic E-state index is 0.114. The fourth-order valence-electron chi connectivity index (χ4n) is 3.02. The van der Waals surface area contributed by atoms with Crippen molar-refractivity contribution in [2.24, 2.45) is 0 Å². The van der Waals surface area contributed by atoms with Crippen LogP contribution in [0.4, 0.5) is 10.1 Å². The zero-order valence-electron chi connectivity index (χ0n) is 10.1. The number of hydrogen-bond donors (Lipinski definition) is 1. The normalized spacial score (nSPS) is 24.5. The molecular formula is C14H19FN2. The van der Waals surface area contributed by atoms with Crippen LogP contribution in [0.5, 0.6) is 0 Å². The summed E-state index contributed by atoms with van der Waals surface area (Å²) in [7, 11) is 0. The third-order valence-corrected chi connectivity index (χ3v) is 3.94. The van der Waals surface area contributed by atoms with E-state index in [0.29, 0.717) is 6.04 Å². The van der Waals surface area contributed by atoms with Crippen LogP contribution in [0.2, 0.25) is 0 Å². The number of hydrogen-bond acceptors (Lipinski definition) is 2. The first-order valence-corrected chi connectivity index (χ1v) is 6.60. The van der Waals surface area contributed by atoms with E-state index in [2.05, 4.69) is 10.2 Å². The van der Waals surface area contributed by atoms with Crippen LogP contribution < -0.4 is 10.2 Å². The molecule has 0 bridgehead atoms. The van der Waals surface area contributed by atoms with Crippen molar-refractivity contribution < 1.29 is 4.39 Å². The lowest BCUT2D eigenvalue weighted by molar-refractivity contribution is 0.551. The Morgan fingerprint density at radius 3 is 3.18 bits per heavy atom. The van der Waals surface area contributed by atoms with Gasteiger partial charge in [-0.15, -0.1) is 0 Å². The van der Waals surface area contributed by atoms with Gasteiger partial charge in [0.05, 0.1) is 0 Å². The van der Waals surface area contributed by atoms with E-state index in [9.17, 15) is 4.39 Å². The van der Waals surface area contributed by atoms with Crippen LogP contribution in [0.15, 0.2) is 18.2 Å². The van der Waals surface area contributed by atoms with Gasteiger partial charge in [0.25, 0.3) is 0 Å². The molecule has 0 spiro atoms. The Morgan fingerprint density at radius 1 is 1.29 bits per heavy atom. The summed E-state index contributed by atoms with van der Waals surface area (Å²) in [6.45, 7) is 3.21. The molecule has 2 aliphatic heterocycles. The van der Waals surface area contributed by atoms with Crippen molar-refractivity contribution in [1.29, 1.82) is 0 Å². The van der Waals surface area contributed by atoms with Crippen molar-refractivity contribution in [1.82, 2.24) is 5.32 Å². The monoisotopic (exact) mass is 234 g/mol. The van der Waals surface area contributed by atoms with E-state index in [0.717, 1.165) is 31.7 Å². The second kappa shape index (κ2) is 4.65. The Labute approximate surface area is 102 Å². The molecule has 92 valence electrons. The summed E-state index contributed by atoms with van der Waals surface area (Å²) < 4.78 is 13.3. The Morgan fingerprint density at radius 2 is 2.24 bits per heavy atom. The molecule has 2 nitrogen and oxygen atoms in total. The zero-order valence-corrected chi connectivity index (χ0v) is 10.1. The van der Waals surface area contributed by atoms with Crippen molar-refractivity contribution >= 4 is 5.69 Å². The van der Waals surface area contributed by atoms with Gasteiger partial charge in [0.1, 0.15) is 5.82 Å². The molecule has 1 aromatic rings. The van der Waals surface area contributed by atoms with Gasteiger partial charge in [-0.05, 0) is 43.5 Å². The van der Waals surface area contributed by atoms with Gasteiger partial charge in [-0.3, -0.25) is 0 Å². The van der Waals surface area contributed by atoms with Crippen molar-refractivity contribution in [2.75, 3.05) is 24.5 Å². The average molecular weight is 234 g/mol. The van der Waals surface area contributed by atoms with E-state index < -0.39 is 0 Å². The summed E-state index contributed by atoms with van der Waals surface area (Å²) in [5, 5.41) is 3.48. The molecule has 0 radical (unpaired) electrons. The van der Waals surface area contributed by atoms with Crippen molar-refractivity contribution in [2.45, 2.75) is 31.7 Å². The van der Waals surface area contributed by atoms with E-state index >= 15 is 0 Å². The predicted molar refractivity (Wildman–Crippen MR) is 68.0 cm³/mol. The van der Waals surface area contributed by atoms with E-state index in [4.69, 9.17) is 0 Å². The molecule has 1 unspecified atom stereocenters. The topological polar surface area (TPSA) is 15.3 Å². The number of benzene rings is 1. The maximum absolute atomic E-state index is 13.3. The lowest BCUT2D eigenvalue weighted by Gasteiger charge is -2.29. The standard InChI is InChI=1S/C14H19FN2/c15-12-5-4-11-6-8-17(14(11)9-12)13-3-1-2-7-16-10-13/h4-5,9,13,16H,1-3,6-8,10H2. The van der Waals surface area contributed by atoms with Gasteiger partial charge >= 0.3 is 0 Å². The lowest BCUT2D eigenvalue weighted by atomic mass is 10.1. The number of fused-ring (bicyclic) bond motifs is 1. The van der Waals surface area contributed by atoms with Crippen LogP contribution in [0.1, 0.15) is 24.8 Å². The Hall–Kier alpha value is -1.09. The molecule has 0 aromatic heterocycles. The molecule has 1 N–H and O–H groups in total. The smallest absolute Gasteiger partial charge is 0.125 e. The summed E-state index contributed by atoms with van der Waals surface area (Å²) in [4.78, 5) is 2.40. The SMILES string of the molecule is Fc1ccc2c(c1)N(C1CCCCNC1)CC2. The second-order valence-corrected chi connectivity index (χ2v) is 5.07. The highest BCUT2D eigenvalue weighted by molar-refractivity contribution is 5.59. The van der Waals surface area contributed by atoms with Gasteiger partial charge in [0.15, 0.2) is 0 Å². The molecule has 0 aliphatic carbocycles. The summed E-state index contributed by atoms with van der Waals surface area (Å²) in [5.41, 5.74) is 2.43. The molecule has 3 rings (SSSR count). The maximum atomic E-state index is 13.3. The fourth-order valence-corrected chi connectivity index (χ4v) is 3.02. The molecular weight excluding hydrogens is 215 g/mol. The third-order valence-electron chi connectivity index (χ3n) is 3.94. The van der Waals surface area contributed by atoms with E-state index in [1.54, 1.807) is 12.1 Å². The van der Waals surface area contributed by atoms with E-state index in [1.807, 2.05) is 6.07 Å². The second-order valence-electron chi connectivity index (χ2n) is 5.07. The largest absolute Gasteiger partial charge is 0.367 e. The number of halogens is 1. The van der Waals surface area contributed by atoms with Crippen molar-refractivity contribution in [3.63, 3.8) is 0 Å². The minimum Gasteiger partial charge on any atom is -0.367 e. The Balaban J connectivity index is 1.84. The molecule has 1 fully saturated rings. The Bertz CT molecular complexity index is 397. The van der Waals surface area contributed by atoms with Crippen LogP contribution in [0.3, 0.4) is 0 Å². The van der Waals surface area contributed by atoms with Crippen molar-refractivity contribution in [3.8, 4) is 0 Å². The van der Waals surface area contributed by atoms with Gasteiger partial charge in [0.2, 0.25) is 0 Å². The van der Waals surface area contributed by atoms with Gasteiger partial charge in [-0.2, -0.15) is 0 Å². The van der Waals surface area contributed by atoms with E-state index in [1.165, 1.54) is 24.8 Å². The highest BCUT2D eigenvalue weighted by Gasteiger charge is 2.26. The van der Waals surface area contributed by atoms with Gasteiger partial charge in [0, 0.05) is 24.8 Å². The number of nitrogens with one attached hydrogen (secondary N) is 1.